The van der Waals surface area contributed by atoms with Crippen LogP contribution in [0.4, 0.5) is 0 Å². The van der Waals surface area contributed by atoms with Crippen molar-refractivity contribution in [3.8, 4) is 17.2 Å². The van der Waals surface area contributed by atoms with E-state index in [2.05, 4.69) is 0 Å². The van der Waals surface area contributed by atoms with Crippen LogP contribution in [0.2, 0.25) is 0 Å². The molecule has 0 aliphatic carbocycles. The Bertz CT molecular complexity index is 398. The molecule has 3 N–H and O–H groups in total. The minimum atomic E-state index is -0.671. The standard InChI is InChI=1S/C11H14O4/c1-11(2)5-9(14)6-3-7(12)8(13)4-10(6)15-11/h3-4,9,12-14H,5H2,1-2H3. The second kappa shape index (κ2) is 3.03. The highest BCUT2D eigenvalue weighted by Gasteiger charge is 2.33. The molecule has 0 spiro atoms. The maximum absolute atomic E-state index is 9.84. The number of hydrogen-bond donors (Lipinski definition) is 3. The Labute approximate surface area is 87.7 Å². The number of aliphatic hydroxyl groups excluding tert-OH is 1. The van der Waals surface area contributed by atoms with Crippen LogP contribution in [0.15, 0.2) is 12.1 Å². The number of benzene rings is 1. The number of phenols is 2. The minimum Gasteiger partial charge on any atom is -0.504 e. The van der Waals surface area contributed by atoms with Gasteiger partial charge in [0.1, 0.15) is 11.4 Å². The number of fused-ring (bicyclic) bond motifs is 1. The van der Waals surface area contributed by atoms with Crippen molar-refractivity contribution in [1.29, 1.82) is 0 Å². The molecule has 82 valence electrons. The Morgan fingerprint density at radius 2 is 1.87 bits per heavy atom. The molecule has 4 nitrogen and oxygen atoms in total. The van der Waals surface area contributed by atoms with Crippen LogP contribution in [-0.2, 0) is 0 Å². The predicted octanol–water partition coefficient (Wildman–Crippen LogP) is 1.69. The van der Waals surface area contributed by atoms with E-state index in [1.54, 1.807) is 0 Å². The second-order valence-electron chi connectivity index (χ2n) is 4.46. The van der Waals surface area contributed by atoms with Gasteiger partial charge in [-0.1, -0.05) is 0 Å². The van der Waals surface area contributed by atoms with Gasteiger partial charge in [-0.2, -0.15) is 0 Å². The molecule has 1 unspecified atom stereocenters. The van der Waals surface area contributed by atoms with Gasteiger partial charge >= 0.3 is 0 Å². The van der Waals surface area contributed by atoms with Crippen molar-refractivity contribution in [2.45, 2.75) is 32.0 Å². The van der Waals surface area contributed by atoms with Gasteiger partial charge in [0.2, 0.25) is 0 Å². The maximum atomic E-state index is 9.84. The molecule has 2 rings (SSSR count). The zero-order chi connectivity index (χ0) is 11.2. The molecule has 1 aliphatic rings. The fraction of sp³-hybridized carbons (Fsp3) is 0.455. The zero-order valence-electron chi connectivity index (χ0n) is 8.69. The summed E-state index contributed by atoms with van der Waals surface area (Å²) in [6.07, 6.45) is -0.209. The Balaban J connectivity index is 2.51. The van der Waals surface area contributed by atoms with Crippen LogP contribution in [-0.4, -0.2) is 20.9 Å². The quantitative estimate of drug-likeness (QED) is 0.570. The molecule has 1 aromatic rings. The summed E-state index contributed by atoms with van der Waals surface area (Å²) in [6.45, 7) is 3.73. The molecule has 0 aromatic heterocycles. The van der Waals surface area contributed by atoms with Gasteiger partial charge in [0.15, 0.2) is 11.5 Å². The summed E-state index contributed by atoms with van der Waals surface area (Å²) in [5, 5.41) is 28.5. The molecule has 0 fully saturated rings. The van der Waals surface area contributed by atoms with Gasteiger partial charge in [-0.25, -0.2) is 0 Å². The summed E-state index contributed by atoms with van der Waals surface area (Å²) >= 11 is 0. The van der Waals surface area contributed by atoms with E-state index in [1.807, 2.05) is 13.8 Å². The third-order valence-corrected chi connectivity index (χ3v) is 2.54. The highest BCUT2D eigenvalue weighted by molar-refractivity contribution is 5.51. The molecular formula is C11H14O4. The van der Waals surface area contributed by atoms with Gasteiger partial charge in [0, 0.05) is 18.1 Å². The molecular weight excluding hydrogens is 196 g/mol. The second-order valence-corrected chi connectivity index (χ2v) is 4.46. The lowest BCUT2D eigenvalue weighted by Crippen LogP contribution is -2.34. The normalized spacial score (nSPS) is 23.0. The molecule has 0 bridgehead atoms. The van der Waals surface area contributed by atoms with E-state index < -0.39 is 11.7 Å². The lowest BCUT2D eigenvalue weighted by molar-refractivity contribution is 0.0111. The SMILES string of the molecule is CC1(C)CC(O)c2cc(O)c(O)cc2O1. The Morgan fingerprint density at radius 1 is 1.27 bits per heavy atom. The molecule has 0 radical (unpaired) electrons. The first-order valence-electron chi connectivity index (χ1n) is 4.82. The lowest BCUT2D eigenvalue weighted by Gasteiger charge is -2.35. The predicted molar refractivity (Wildman–Crippen MR) is 54.1 cm³/mol. The van der Waals surface area contributed by atoms with Crippen molar-refractivity contribution in [1.82, 2.24) is 0 Å². The van der Waals surface area contributed by atoms with Crippen LogP contribution in [0.25, 0.3) is 0 Å². The van der Waals surface area contributed by atoms with Crippen LogP contribution >= 0.6 is 0 Å². The van der Waals surface area contributed by atoms with Crippen LogP contribution < -0.4 is 4.74 Å². The van der Waals surface area contributed by atoms with Crippen molar-refractivity contribution in [3.05, 3.63) is 17.7 Å². The fourth-order valence-corrected chi connectivity index (χ4v) is 1.84. The van der Waals surface area contributed by atoms with Crippen LogP contribution in [0.3, 0.4) is 0 Å². The topological polar surface area (TPSA) is 69.9 Å². The van der Waals surface area contributed by atoms with Gasteiger partial charge in [-0.15, -0.1) is 0 Å². The van der Waals surface area contributed by atoms with E-state index in [-0.39, 0.29) is 11.5 Å². The number of hydrogen-bond acceptors (Lipinski definition) is 4. The maximum Gasteiger partial charge on any atom is 0.161 e. The van der Waals surface area contributed by atoms with Crippen molar-refractivity contribution in [2.75, 3.05) is 0 Å². The first-order valence-corrected chi connectivity index (χ1v) is 4.82. The van der Waals surface area contributed by atoms with Gasteiger partial charge in [-0.05, 0) is 19.9 Å². The molecule has 0 saturated carbocycles. The summed E-state index contributed by atoms with van der Waals surface area (Å²) < 4.78 is 5.59. The fourth-order valence-electron chi connectivity index (χ4n) is 1.84. The van der Waals surface area contributed by atoms with E-state index >= 15 is 0 Å². The highest BCUT2D eigenvalue weighted by atomic mass is 16.5. The molecule has 1 heterocycles. The first-order chi connectivity index (χ1) is 6.89. The molecule has 0 saturated heterocycles. The largest absolute Gasteiger partial charge is 0.504 e. The molecule has 1 aliphatic heterocycles. The summed E-state index contributed by atoms with van der Waals surface area (Å²) in [5.74, 6) is -0.0520. The molecule has 0 amide bonds. The van der Waals surface area contributed by atoms with Crippen LogP contribution in [0.5, 0.6) is 17.2 Å². The van der Waals surface area contributed by atoms with E-state index in [9.17, 15) is 15.3 Å². The third-order valence-electron chi connectivity index (χ3n) is 2.54. The smallest absolute Gasteiger partial charge is 0.161 e. The van der Waals surface area contributed by atoms with Crippen LogP contribution in [0, 0.1) is 0 Å². The van der Waals surface area contributed by atoms with Crippen molar-refractivity contribution in [3.63, 3.8) is 0 Å². The van der Waals surface area contributed by atoms with Gasteiger partial charge in [0.05, 0.1) is 6.10 Å². The molecule has 15 heavy (non-hydrogen) atoms. The summed E-state index contributed by atoms with van der Waals surface area (Å²) in [6, 6.07) is 2.67. The Kier molecular flexibility index (Phi) is 2.04. The highest BCUT2D eigenvalue weighted by Crippen LogP contribution is 2.43. The van der Waals surface area contributed by atoms with Crippen molar-refractivity contribution < 1.29 is 20.1 Å². The van der Waals surface area contributed by atoms with Gasteiger partial charge in [0.25, 0.3) is 0 Å². The zero-order valence-corrected chi connectivity index (χ0v) is 8.69. The van der Waals surface area contributed by atoms with E-state index in [0.717, 1.165) is 0 Å². The Morgan fingerprint density at radius 3 is 2.53 bits per heavy atom. The third kappa shape index (κ3) is 1.72. The molecule has 1 atom stereocenters. The van der Waals surface area contributed by atoms with Crippen molar-refractivity contribution >= 4 is 0 Å². The summed E-state index contributed by atoms with van der Waals surface area (Å²) in [7, 11) is 0. The van der Waals surface area contributed by atoms with Gasteiger partial charge < -0.3 is 20.1 Å². The molecule has 4 heteroatoms. The number of aliphatic hydroxyl groups is 1. The van der Waals surface area contributed by atoms with E-state index in [1.165, 1.54) is 12.1 Å². The number of phenolic OH excluding ortho intramolecular Hbond substituents is 2. The average Bonchev–Trinajstić information content (AvgIpc) is 2.07. The van der Waals surface area contributed by atoms with E-state index in [4.69, 9.17) is 4.74 Å². The number of rotatable bonds is 0. The first kappa shape index (κ1) is 10.1. The lowest BCUT2D eigenvalue weighted by atomic mass is 9.91. The molecule has 1 aromatic carbocycles. The monoisotopic (exact) mass is 210 g/mol. The van der Waals surface area contributed by atoms with Gasteiger partial charge in [-0.3, -0.25) is 0 Å². The number of ether oxygens (including phenoxy) is 1. The average molecular weight is 210 g/mol. The Hall–Kier alpha value is -1.42. The summed E-state index contributed by atoms with van der Waals surface area (Å²) in [5.41, 5.74) is 0.0557. The van der Waals surface area contributed by atoms with Crippen LogP contribution in [0.1, 0.15) is 31.9 Å². The minimum absolute atomic E-state index is 0.237. The summed E-state index contributed by atoms with van der Waals surface area (Å²) in [4.78, 5) is 0. The van der Waals surface area contributed by atoms with E-state index in [0.29, 0.717) is 17.7 Å². The number of aromatic hydroxyl groups is 2. The van der Waals surface area contributed by atoms with Crippen molar-refractivity contribution in [2.24, 2.45) is 0 Å².